The van der Waals surface area contributed by atoms with E-state index in [4.69, 9.17) is 9.47 Å². The first-order valence-corrected chi connectivity index (χ1v) is 11.8. The monoisotopic (exact) mass is 462 g/mol. The number of aryl methyl sites for hydroxylation is 2. The number of aromatic amines is 1. The van der Waals surface area contributed by atoms with Crippen LogP contribution in [-0.2, 0) is 19.5 Å². The zero-order valence-corrected chi connectivity index (χ0v) is 19.1. The van der Waals surface area contributed by atoms with Gasteiger partial charge in [-0.15, -0.1) is 0 Å². The minimum Gasteiger partial charge on any atom is -0.462 e. The molecule has 1 aromatic carbocycles. The smallest absolute Gasteiger partial charge is 0.340 e. The van der Waals surface area contributed by atoms with Crippen LogP contribution in [0.5, 0.6) is 0 Å². The van der Waals surface area contributed by atoms with Crippen molar-refractivity contribution < 1.29 is 32.3 Å². The van der Waals surface area contributed by atoms with Gasteiger partial charge in [0.1, 0.15) is 0 Å². The summed E-state index contributed by atoms with van der Waals surface area (Å²) < 4.78 is 36.7. The van der Waals surface area contributed by atoms with Crippen LogP contribution in [0.1, 0.15) is 62.2 Å². The van der Waals surface area contributed by atoms with Gasteiger partial charge >= 0.3 is 11.9 Å². The van der Waals surface area contributed by atoms with Gasteiger partial charge in [0.15, 0.2) is 6.61 Å². The van der Waals surface area contributed by atoms with E-state index in [1.165, 1.54) is 28.6 Å². The molecule has 2 aromatic rings. The number of rotatable bonds is 8. The van der Waals surface area contributed by atoms with Gasteiger partial charge in [-0.3, -0.25) is 4.79 Å². The Morgan fingerprint density at radius 3 is 2.12 bits per heavy atom. The number of Topliss-reactive ketones (excluding diaryl/α,β-unsaturated/α-hetero) is 1. The molecular weight excluding hydrogens is 436 g/mol. The lowest BCUT2D eigenvalue weighted by molar-refractivity contribution is 0.0472. The van der Waals surface area contributed by atoms with Crippen molar-refractivity contribution in [1.29, 1.82) is 0 Å². The zero-order valence-electron chi connectivity index (χ0n) is 18.3. The van der Waals surface area contributed by atoms with Crippen LogP contribution in [0, 0.1) is 13.8 Å². The molecule has 0 atom stereocenters. The fraction of sp³-hybridized carbons (Fsp3) is 0.409. The van der Waals surface area contributed by atoms with E-state index in [-0.39, 0.29) is 28.2 Å². The predicted molar refractivity (Wildman–Crippen MR) is 115 cm³/mol. The molecule has 0 amide bonds. The first-order valence-electron chi connectivity index (χ1n) is 10.3. The maximum Gasteiger partial charge on any atom is 0.340 e. The molecule has 0 unspecified atom stereocenters. The highest BCUT2D eigenvalue weighted by Crippen LogP contribution is 2.22. The summed E-state index contributed by atoms with van der Waals surface area (Å²) in [6, 6.07) is 5.41. The first kappa shape index (κ1) is 23.7. The van der Waals surface area contributed by atoms with Crippen molar-refractivity contribution in [3.63, 3.8) is 0 Å². The Balaban J connectivity index is 1.69. The highest BCUT2D eigenvalue weighted by atomic mass is 32.2. The number of carbonyl (C=O) groups is 3. The second-order valence-electron chi connectivity index (χ2n) is 7.48. The van der Waals surface area contributed by atoms with Crippen LogP contribution in [0.25, 0.3) is 0 Å². The van der Waals surface area contributed by atoms with Crippen LogP contribution < -0.4 is 0 Å². The molecule has 0 aliphatic carbocycles. The summed E-state index contributed by atoms with van der Waals surface area (Å²) in [5.74, 6) is -1.94. The van der Waals surface area contributed by atoms with E-state index >= 15 is 0 Å². The van der Waals surface area contributed by atoms with Gasteiger partial charge in [-0.25, -0.2) is 18.0 Å². The van der Waals surface area contributed by atoms with E-state index in [0.717, 1.165) is 12.8 Å². The van der Waals surface area contributed by atoms with Crippen molar-refractivity contribution in [3.05, 3.63) is 52.3 Å². The van der Waals surface area contributed by atoms with Gasteiger partial charge in [0.25, 0.3) is 0 Å². The molecule has 0 spiro atoms. The molecule has 1 aliphatic heterocycles. The number of nitrogens with zero attached hydrogens (tertiary/aromatic N) is 1. The largest absolute Gasteiger partial charge is 0.462 e. The molecule has 3 rings (SSSR count). The van der Waals surface area contributed by atoms with Crippen molar-refractivity contribution in [3.8, 4) is 0 Å². The summed E-state index contributed by atoms with van der Waals surface area (Å²) >= 11 is 0. The number of nitrogens with one attached hydrogen (secondary N) is 1. The molecule has 32 heavy (non-hydrogen) atoms. The third kappa shape index (κ3) is 4.76. The maximum absolute atomic E-state index is 12.7. The van der Waals surface area contributed by atoms with Gasteiger partial charge in [0.05, 0.1) is 28.2 Å². The quantitative estimate of drug-likeness (QED) is 0.472. The molecule has 10 heteroatoms. The van der Waals surface area contributed by atoms with Crippen molar-refractivity contribution in [1.82, 2.24) is 9.29 Å². The third-order valence-corrected chi connectivity index (χ3v) is 7.17. The summed E-state index contributed by atoms with van der Waals surface area (Å²) in [7, 11) is -3.58. The number of benzene rings is 1. The van der Waals surface area contributed by atoms with Gasteiger partial charge in [-0.05, 0) is 57.9 Å². The summed E-state index contributed by atoms with van der Waals surface area (Å²) in [4.78, 5) is 40.3. The Labute approximate surface area is 186 Å². The number of aromatic nitrogens is 1. The number of hydrogen-bond acceptors (Lipinski definition) is 7. The number of H-pyrrole nitrogens is 1. The first-order chi connectivity index (χ1) is 15.2. The van der Waals surface area contributed by atoms with Crippen molar-refractivity contribution >= 4 is 27.7 Å². The van der Waals surface area contributed by atoms with Crippen LogP contribution >= 0.6 is 0 Å². The number of ether oxygens (including phenoxy) is 2. The van der Waals surface area contributed by atoms with E-state index in [9.17, 15) is 22.8 Å². The van der Waals surface area contributed by atoms with Crippen molar-refractivity contribution in [2.75, 3.05) is 26.3 Å². The van der Waals surface area contributed by atoms with E-state index in [0.29, 0.717) is 24.5 Å². The van der Waals surface area contributed by atoms with E-state index in [2.05, 4.69) is 4.98 Å². The lowest BCUT2D eigenvalue weighted by Crippen LogP contribution is -2.27. The van der Waals surface area contributed by atoms with Crippen LogP contribution in [0.3, 0.4) is 0 Å². The summed E-state index contributed by atoms with van der Waals surface area (Å²) in [6.07, 6.45) is 1.66. The van der Waals surface area contributed by atoms with Gasteiger partial charge in [0, 0.05) is 24.5 Å². The van der Waals surface area contributed by atoms with E-state index < -0.39 is 34.4 Å². The lowest BCUT2D eigenvalue weighted by Gasteiger charge is -2.15. The molecular formula is C22H26N2O7S. The molecule has 1 fully saturated rings. The zero-order chi connectivity index (χ0) is 23.5. The molecule has 0 saturated carbocycles. The van der Waals surface area contributed by atoms with Crippen LogP contribution in [0.15, 0.2) is 29.2 Å². The molecule has 1 aliphatic rings. The van der Waals surface area contributed by atoms with Gasteiger partial charge in [-0.1, -0.05) is 0 Å². The standard InChI is InChI=1S/C22H26N2O7S/c1-4-30-22(27)20-15(3)23-14(2)19(20)18(25)13-31-21(26)16-7-9-17(10-8-16)32(28,29)24-11-5-6-12-24/h7-10,23H,4-6,11-13H2,1-3H3. The van der Waals surface area contributed by atoms with Crippen LogP contribution in [0.2, 0.25) is 0 Å². The van der Waals surface area contributed by atoms with Crippen LogP contribution in [0.4, 0.5) is 0 Å². The molecule has 2 heterocycles. The predicted octanol–water partition coefficient (Wildman–Crippen LogP) is 2.63. The molecule has 1 saturated heterocycles. The lowest BCUT2D eigenvalue weighted by atomic mass is 10.1. The Hall–Kier alpha value is -2.98. The highest BCUT2D eigenvalue weighted by Gasteiger charge is 2.28. The number of ketones is 1. The molecule has 9 nitrogen and oxygen atoms in total. The number of carbonyl (C=O) groups excluding carboxylic acids is 3. The SMILES string of the molecule is CCOC(=O)c1c(C)[nH]c(C)c1C(=O)COC(=O)c1ccc(S(=O)(=O)N2CCCC2)cc1. The second-order valence-corrected chi connectivity index (χ2v) is 9.42. The average Bonchev–Trinajstić information content (AvgIpc) is 3.40. The van der Waals surface area contributed by atoms with Gasteiger partial charge in [0.2, 0.25) is 15.8 Å². The normalized spacial score (nSPS) is 14.3. The topological polar surface area (TPSA) is 123 Å². The van der Waals surface area contributed by atoms with Gasteiger partial charge in [-0.2, -0.15) is 4.31 Å². The number of esters is 2. The number of hydrogen-bond donors (Lipinski definition) is 1. The van der Waals surface area contributed by atoms with Crippen molar-refractivity contribution in [2.24, 2.45) is 0 Å². The fourth-order valence-electron chi connectivity index (χ4n) is 3.72. The Morgan fingerprint density at radius 2 is 1.53 bits per heavy atom. The van der Waals surface area contributed by atoms with Crippen molar-refractivity contribution in [2.45, 2.75) is 38.5 Å². The van der Waals surface area contributed by atoms with Gasteiger partial charge < -0.3 is 14.5 Å². The fourth-order valence-corrected chi connectivity index (χ4v) is 5.23. The maximum atomic E-state index is 12.7. The molecule has 0 bridgehead atoms. The highest BCUT2D eigenvalue weighted by molar-refractivity contribution is 7.89. The molecule has 0 radical (unpaired) electrons. The Kier molecular flexibility index (Phi) is 7.15. The van der Waals surface area contributed by atoms with E-state index in [1.54, 1.807) is 20.8 Å². The summed E-state index contributed by atoms with van der Waals surface area (Å²) in [6.45, 7) is 5.52. The van der Waals surface area contributed by atoms with E-state index in [1.807, 2.05) is 0 Å². The molecule has 1 N–H and O–H groups in total. The summed E-state index contributed by atoms with van der Waals surface area (Å²) in [5, 5.41) is 0. The molecule has 1 aromatic heterocycles. The minimum absolute atomic E-state index is 0.101. The third-order valence-electron chi connectivity index (χ3n) is 5.26. The second kappa shape index (κ2) is 9.66. The molecule has 172 valence electrons. The van der Waals surface area contributed by atoms with Crippen LogP contribution in [-0.4, -0.2) is 61.7 Å². The Bertz CT molecular complexity index is 1130. The minimum atomic E-state index is -3.58. The Morgan fingerprint density at radius 1 is 0.938 bits per heavy atom. The average molecular weight is 463 g/mol. The number of sulfonamides is 1. The summed E-state index contributed by atoms with van der Waals surface area (Å²) in [5.41, 5.74) is 1.34.